The molecule has 0 fully saturated rings. The summed E-state index contributed by atoms with van der Waals surface area (Å²) in [4.78, 5) is 3.92. The van der Waals surface area contributed by atoms with E-state index < -0.39 is 12.1 Å². The van der Waals surface area contributed by atoms with Crippen molar-refractivity contribution in [3.63, 3.8) is 0 Å². The lowest BCUT2D eigenvalue weighted by molar-refractivity contribution is -0.274. The molecule has 0 bridgehead atoms. The van der Waals surface area contributed by atoms with E-state index in [1.54, 1.807) is 7.05 Å². The van der Waals surface area contributed by atoms with Gasteiger partial charge in [0.15, 0.2) is 5.82 Å². The number of aryl methyl sites for hydroxylation is 1. The van der Waals surface area contributed by atoms with Crippen molar-refractivity contribution in [3.05, 3.63) is 29.5 Å². The molecular formula is C10H7ClF3N3O. The topological polar surface area (TPSA) is 39.9 Å². The van der Waals surface area contributed by atoms with Crippen LogP contribution in [0.3, 0.4) is 0 Å². The number of ether oxygens (including phenoxy) is 1. The van der Waals surface area contributed by atoms with Crippen molar-refractivity contribution < 1.29 is 17.9 Å². The first kappa shape index (κ1) is 12.7. The highest BCUT2D eigenvalue weighted by atomic mass is 35.5. The molecule has 0 saturated heterocycles. The zero-order valence-corrected chi connectivity index (χ0v) is 9.83. The SMILES string of the molecule is Cn1cnc(-c2cc(Cl)cc(OC(F)(F)F)c2)n1. The molecule has 18 heavy (non-hydrogen) atoms. The highest BCUT2D eigenvalue weighted by Gasteiger charge is 2.31. The van der Waals surface area contributed by atoms with Crippen LogP contribution in [0.2, 0.25) is 5.02 Å². The summed E-state index contributed by atoms with van der Waals surface area (Å²) in [7, 11) is 1.65. The normalized spacial score (nSPS) is 11.6. The van der Waals surface area contributed by atoms with Crippen LogP contribution in [-0.4, -0.2) is 21.1 Å². The Kier molecular flexibility index (Phi) is 3.16. The van der Waals surface area contributed by atoms with Crippen molar-refractivity contribution in [3.8, 4) is 17.1 Å². The Bertz CT molecular complexity index is 568. The number of hydrogen-bond donors (Lipinski definition) is 0. The number of alkyl halides is 3. The number of halogens is 4. The van der Waals surface area contributed by atoms with Crippen molar-refractivity contribution >= 4 is 11.6 Å². The van der Waals surface area contributed by atoms with Crippen molar-refractivity contribution in [1.82, 2.24) is 14.8 Å². The van der Waals surface area contributed by atoms with Crippen molar-refractivity contribution in [2.45, 2.75) is 6.36 Å². The van der Waals surface area contributed by atoms with Crippen molar-refractivity contribution in [2.24, 2.45) is 7.05 Å². The van der Waals surface area contributed by atoms with Gasteiger partial charge in [-0.25, -0.2) is 4.98 Å². The molecule has 0 radical (unpaired) electrons. The van der Waals surface area contributed by atoms with Gasteiger partial charge < -0.3 is 4.74 Å². The Morgan fingerprint density at radius 2 is 2.00 bits per heavy atom. The van der Waals surface area contributed by atoms with E-state index in [0.29, 0.717) is 5.56 Å². The van der Waals surface area contributed by atoms with E-state index in [0.717, 1.165) is 6.07 Å². The van der Waals surface area contributed by atoms with E-state index in [4.69, 9.17) is 11.6 Å². The lowest BCUT2D eigenvalue weighted by Gasteiger charge is -2.09. The van der Waals surface area contributed by atoms with Crippen molar-refractivity contribution in [1.29, 1.82) is 0 Å². The summed E-state index contributed by atoms with van der Waals surface area (Å²) < 4.78 is 41.6. The van der Waals surface area contributed by atoms with Crippen LogP contribution >= 0.6 is 11.6 Å². The minimum atomic E-state index is -4.76. The van der Waals surface area contributed by atoms with Crippen LogP contribution in [0.4, 0.5) is 13.2 Å². The highest BCUT2D eigenvalue weighted by molar-refractivity contribution is 6.31. The fourth-order valence-electron chi connectivity index (χ4n) is 1.36. The number of nitrogens with zero attached hydrogens (tertiary/aromatic N) is 3. The van der Waals surface area contributed by atoms with Gasteiger partial charge in [-0.1, -0.05) is 11.6 Å². The van der Waals surface area contributed by atoms with E-state index in [-0.39, 0.29) is 10.8 Å². The van der Waals surface area contributed by atoms with Gasteiger partial charge >= 0.3 is 6.36 Å². The first-order valence-electron chi connectivity index (χ1n) is 4.76. The molecule has 8 heteroatoms. The van der Waals surface area contributed by atoms with Gasteiger partial charge in [0.2, 0.25) is 0 Å². The Morgan fingerprint density at radius 3 is 2.56 bits per heavy atom. The van der Waals surface area contributed by atoms with Crippen LogP contribution in [0, 0.1) is 0 Å². The van der Waals surface area contributed by atoms with Gasteiger partial charge in [-0.05, 0) is 18.2 Å². The van der Waals surface area contributed by atoms with Crippen LogP contribution in [-0.2, 0) is 7.05 Å². The summed E-state index contributed by atoms with van der Waals surface area (Å²) in [6.45, 7) is 0. The van der Waals surface area contributed by atoms with Gasteiger partial charge in [0, 0.05) is 17.6 Å². The molecule has 0 aliphatic heterocycles. The summed E-state index contributed by atoms with van der Waals surface area (Å²) in [5.41, 5.74) is 0.349. The summed E-state index contributed by atoms with van der Waals surface area (Å²) in [5, 5.41) is 4.08. The molecule has 0 atom stereocenters. The van der Waals surface area contributed by atoms with E-state index in [1.165, 1.54) is 23.1 Å². The van der Waals surface area contributed by atoms with Crippen LogP contribution in [0.1, 0.15) is 0 Å². The van der Waals surface area contributed by atoms with Crippen LogP contribution < -0.4 is 4.74 Å². The van der Waals surface area contributed by atoms with Crippen LogP contribution in [0.5, 0.6) is 5.75 Å². The smallest absolute Gasteiger partial charge is 0.406 e. The predicted molar refractivity (Wildman–Crippen MR) is 58.1 cm³/mol. The van der Waals surface area contributed by atoms with Gasteiger partial charge in [-0.2, -0.15) is 5.10 Å². The molecule has 4 nitrogen and oxygen atoms in total. The summed E-state index contributed by atoms with van der Waals surface area (Å²) in [6, 6.07) is 3.70. The number of hydrogen-bond acceptors (Lipinski definition) is 3. The summed E-state index contributed by atoms with van der Waals surface area (Å²) in [5.74, 6) is -0.135. The predicted octanol–water partition coefficient (Wildman–Crippen LogP) is 3.03. The van der Waals surface area contributed by atoms with Gasteiger partial charge in [-0.3, -0.25) is 4.68 Å². The average Bonchev–Trinajstić information content (AvgIpc) is 2.61. The van der Waals surface area contributed by atoms with E-state index >= 15 is 0 Å². The minimum absolute atomic E-state index is 0.110. The Balaban J connectivity index is 2.38. The standard InChI is InChI=1S/C10H7ClF3N3O/c1-17-5-15-9(16-17)6-2-7(11)4-8(3-6)18-10(12,13)14/h2-5H,1H3. The summed E-state index contributed by atoms with van der Waals surface area (Å²) >= 11 is 5.73. The highest BCUT2D eigenvalue weighted by Crippen LogP contribution is 2.30. The second-order valence-electron chi connectivity index (χ2n) is 3.47. The fourth-order valence-corrected chi connectivity index (χ4v) is 1.58. The molecule has 0 amide bonds. The zero-order chi connectivity index (χ0) is 13.3. The number of benzene rings is 1. The lowest BCUT2D eigenvalue weighted by atomic mass is 10.2. The van der Waals surface area contributed by atoms with Gasteiger partial charge in [-0.15, -0.1) is 13.2 Å². The third-order valence-corrected chi connectivity index (χ3v) is 2.18. The average molecular weight is 278 g/mol. The molecule has 0 N–H and O–H groups in total. The molecule has 1 aromatic heterocycles. The van der Waals surface area contributed by atoms with Crippen LogP contribution in [0.15, 0.2) is 24.5 Å². The molecule has 0 unspecified atom stereocenters. The van der Waals surface area contributed by atoms with E-state index in [9.17, 15) is 13.2 Å². The van der Waals surface area contributed by atoms with E-state index in [1.807, 2.05) is 0 Å². The molecule has 0 aliphatic rings. The molecule has 0 saturated carbocycles. The monoisotopic (exact) mass is 277 g/mol. The van der Waals surface area contributed by atoms with E-state index in [2.05, 4.69) is 14.8 Å². The second-order valence-corrected chi connectivity index (χ2v) is 3.90. The molecule has 2 rings (SSSR count). The maximum atomic E-state index is 12.1. The fraction of sp³-hybridized carbons (Fsp3) is 0.200. The Hall–Kier alpha value is -1.76. The van der Waals surface area contributed by atoms with Gasteiger partial charge in [0.25, 0.3) is 0 Å². The Morgan fingerprint density at radius 1 is 1.28 bits per heavy atom. The molecule has 1 heterocycles. The minimum Gasteiger partial charge on any atom is -0.406 e. The van der Waals surface area contributed by atoms with Crippen molar-refractivity contribution in [2.75, 3.05) is 0 Å². The quantitative estimate of drug-likeness (QED) is 0.847. The summed E-state index contributed by atoms with van der Waals surface area (Å²) in [6.07, 6.45) is -3.33. The third-order valence-electron chi connectivity index (χ3n) is 1.96. The maximum absolute atomic E-state index is 12.1. The first-order valence-corrected chi connectivity index (χ1v) is 5.14. The number of rotatable bonds is 2. The first-order chi connectivity index (χ1) is 8.33. The van der Waals surface area contributed by atoms with Crippen LogP contribution in [0.25, 0.3) is 11.4 Å². The third kappa shape index (κ3) is 3.13. The number of aromatic nitrogens is 3. The molecular weight excluding hydrogens is 271 g/mol. The largest absolute Gasteiger partial charge is 0.573 e. The van der Waals surface area contributed by atoms with Gasteiger partial charge in [0.05, 0.1) is 0 Å². The molecule has 0 spiro atoms. The second kappa shape index (κ2) is 4.49. The molecule has 96 valence electrons. The van der Waals surface area contributed by atoms with Gasteiger partial charge in [0.1, 0.15) is 12.1 Å². The lowest BCUT2D eigenvalue weighted by Crippen LogP contribution is -2.17. The molecule has 1 aromatic carbocycles. The maximum Gasteiger partial charge on any atom is 0.573 e. The Labute approximate surface area is 105 Å². The zero-order valence-electron chi connectivity index (χ0n) is 9.07. The molecule has 0 aliphatic carbocycles. The molecule has 2 aromatic rings.